The van der Waals surface area contributed by atoms with E-state index in [-0.39, 0.29) is 6.54 Å². The minimum Gasteiger partial charge on any atom is -0.308 e. The second-order valence-electron chi connectivity index (χ2n) is 4.14. The van der Waals surface area contributed by atoms with Gasteiger partial charge in [-0.25, -0.2) is 8.78 Å². The van der Waals surface area contributed by atoms with Crippen molar-refractivity contribution in [3.8, 4) is 0 Å². The van der Waals surface area contributed by atoms with Gasteiger partial charge in [0.25, 0.3) is 0 Å². The van der Waals surface area contributed by atoms with Crippen LogP contribution < -0.4 is 5.32 Å². The summed E-state index contributed by atoms with van der Waals surface area (Å²) in [5.74, 6) is -0.822. The molecule has 0 unspecified atom stereocenters. The highest BCUT2D eigenvalue weighted by atomic mass is 19.1. The monoisotopic (exact) mass is 248 g/mol. The first-order chi connectivity index (χ1) is 8.66. The molecule has 1 aromatic heterocycles. The molecular weight excluding hydrogens is 234 g/mol. The van der Waals surface area contributed by atoms with Gasteiger partial charge in [-0.1, -0.05) is 0 Å². The van der Waals surface area contributed by atoms with Crippen molar-refractivity contribution in [3.63, 3.8) is 0 Å². The molecule has 1 N–H and O–H groups in total. The summed E-state index contributed by atoms with van der Waals surface area (Å²) in [6.45, 7) is 2.86. The normalized spacial score (nSPS) is 10.6. The van der Waals surface area contributed by atoms with E-state index in [2.05, 4.69) is 10.3 Å². The molecule has 18 heavy (non-hydrogen) atoms. The fraction of sp³-hybridized carbons (Fsp3) is 0.214. The van der Waals surface area contributed by atoms with Gasteiger partial charge in [-0.3, -0.25) is 4.98 Å². The second kappa shape index (κ2) is 5.69. The fourth-order valence-electron chi connectivity index (χ4n) is 1.69. The van der Waals surface area contributed by atoms with Crippen LogP contribution in [0.25, 0.3) is 0 Å². The van der Waals surface area contributed by atoms with Gasteiger partial charge in [-0.15, -0.1) is 0 Å². The Balaban J connectivity index is 1.96. The smallest absolute Gasteiger partial charge is 0.127 e. The van der Waals surface area contributed by atoms with Gasteiger partial charge in [0.1, 0.15) is 11.6 Å². The maximum atomic E-state index is 13.4. The van der Waals surface area contributed by atoms with Gasteiger partial charge in [0.15, 0.2) is 0 Å². The van der Waals surface area contributed by atoms with Crippen molar-refractivity contribution in [3.05, 3.63) is 65.0 Å². The number of rotatable bonds is 4. The zero-order valence-corrected chi connectivity index (χ0v) is 10.1. The van der Waals surface area contributed by atoms with Crippen molar-refractivity contribution in [2.24, 2.45) is 0 Å². The van der Waals surface area contributed by atoms with E-state index in [1.807, 2.05) is 13.0 Å². The topological polar surface area (TPSA) is 24.9 Å². The Labute approximate surface area is 105 Å². The number of pyridine rings is 1. The zero-order valence-electron chi connectivity index (χ0n) is 10.1. The summed E-state index contributed by atoms with van der Waals surface area (Å²) in [6.07, 6.45) is 3.50. The van der Waals surface area contributed by atoms with Crippen LogP contribution in [0, 0.1) is 18.6 Å². The van der Waals surface area contributed by atoms with Crippen molar-refractivity contribution in [2.75, 3.05) is 0 Å². The van der Waals surface area contributed by atoms with E-state index in [0.717, 1.165) is 23.3 Å². The Hall–Kier alpha value is -1.81. The number of hydrogen-bond donors (Lipinski definition) is 1. The van der Waals surface area contributed by atoms with Crippen LogP contribution in [-0.4, -0.2) is 4.98 Å². The van der Waals surface area contributed by atoms with Crippen molar-refractivity contribution in [2.45, 2.75) is 20.0 Å². The van der Waals surface area contributed by atoms with Crippen LogP contribution >= 0.6 is 0 Å². The summed E-state index contributed by atoms with van der Waals surface area (Å²) in [4.78, 5) is 4.03. The van der Waals surface area contributed by atoms with E-state index in [9.17, 15) is 8.78 Å². The van der Waals surface area contributed by atoms with E-state index < -0.39 is 11.6 Å². The van der Waals surface area contributed by atoms with Gasteiger partial charge in [0, 0.05) is 31.0 Å². The molecule has 0 bridgehead atoms. The molecule has 0 aliphatic carbocycles. The predicted octanol–water partition coefficient (Wildman–Crippen LogP) is 2.96. The summed E-state index contributed by atoms with van der Waals surface area (Å²) in [5, 5.41) is 3.08. The minimum absolute atomic E-state index is 0.290. The number of aromatic nitrogens is 1. The molecule has 4 heteroatoms. The minimum atomic E-state index is -0.425. The summed E-state index contributed by atoms with van der Waals surface area (Å²) < 4.78 is 26.3. The Kier molecular flexibility index (Phi) is 3.99. The van der Waals surface area contributed by atoms with Crippen LogP contribution in [-0.2, 0) is 13.1 Å². The van der Waals surface area contributed by atoms with Crippen LogP contribution in [0.3, 0.4) is 0 Å². The van der Waals surface area contributed by atoms with Gasteiger partial charge in [-0.05, 0) is 42.3 Å². The zero-order chi connectivity index (χ0) is 13.0. The maximum Gasteiger partial charge on any atom is 0.127 e. The first-order valence-electron chi connectivity index (χ1n) is 5.71. The lowest BCUT2D eigenvalue weighted by Crippen LogP contribution is -2.14. The van der Waals surface area contributed by atoms with Crippen LogP contribution in [0.1, 0.15) is 16.7 Å². The van der Waals surface area contributed by atoms with Crippen molar-refractivity contribution < 1.29 is 8.78 Å². The average Bonchev–Trinajstić information content (AvgIpc) is 2.36. The number of benzene rings is 1. The SMILES string of the molecule is Cc1ccncc1CNCc1cc(F)ccc1F. The Morgan fingerprint density at radius 3 is 2.67 bits per heavy atom. The summed E-state index contributed by atoms with van der Waals surface area (Å²) in [5.41, 5.74) is 2.50. The van der Waals surface area contributed by atoms with E-state index in [0.29, 0.717) is 12.1 Å². The van der Waals surface area contributed by atoms with Gasteiger partial charge in [0.2, 0.25) is 0 Å². The van der Waals surface area contributed by atoms with Gasteiger partial charge < -0.3 is 5.32 Å². The molecule has 0 saturated carbocycles. The molecule has 94 valence electrons. The summed E-state index contributed by atoms with van der Waals surface area (Å²) >= 11 is 0. The highest BCUT2D eigenvalue weighted by molar-refractivity contribution is 5.22. The third-order valence-electron chi connectivity index (χ3n) is 2.79. The summed E-state index contributed by atoms with van der Waals surface area (Å²) in [6, 6.07) is 5.38. The molecule has 0 aliphatic heterocycles. The molecule has 2 aromatic rings. The largest absolute Gasteiger partial charge is 0.308 e. The first-order valence-corrected chi connectivity index (χ1v) is 5.71. The number of nitrogens with zero attached hydrogens (tertiary/aromatic N) is 1. The number of aryl methyl sites for hydroxylation is 1. The van der Waals surface area contributed by atoms with E-state index in [1.165, 1.54) is 6.07 Å². The molecule has 1 heterocycles. The van der Waals surface area contributed by atoms with Crippen molar-refractivity contribution in [1.29, 1.82) is 0 Å². The lowest BCUT2D eigenvalue weighted by atomic mass is 10.1. The van der Waals surface area contributed by atoms with Crippen molar-refractivity contribution >= 4 is 0 Å². The van der Waals surface area contributed by atoms with Crippen LogP contribution in [0.5, 0.6) is 0 Å². The Morgan fingerprint density at radius 1 is 1.11 bits per heavy atom. The standard InChI is InChI=1S/C14H14F2N2/c1-10-4-5-17-8-12(10)9-18-7-11-6-13(15)2-3-14(11)16/h2-6,8,18H,7,9H2,1H3. The highest BCUT2D eigenvalue weighted by Gasteiger charge is 2.04. The average molecular weight is 248 g/mol. The summed E-state index contributed by atoms with van der Waals surface area (Å²) in [7, 11) is 0. The molecule has 1 aromatic carbocycles. The van der Waals surface area contributed by atoms with Gasteiger partial charge in [-0.2, -0.15) is 0 Å². The Morgan fingerprint density at radius 2 is 1.89 bits per heavy atom. The maximum absolute atomic E-state index is 13.4. The molecular formula is C14H14F2N2. The molecule has 0 spiro atoms. The lowest BCUT2D eigenvalue weighted by Gasteiger charge is -2.08. The second-order valence-corrected chi connectivity index (χ2v) is 4.14. The van der Waals surface area contributed by atoms with Gasteiger partial charge >= 0.3 is 0 Å². The number of hydrogen-bond acceptors (Lipinski definition) is 2. The molecule has 2 nitrogen and oxygen atoms in total. The number of halogens is 2. The molecule has 2 rings (SSSR count). The third-order valence-corrected chi connectivity index (χ3v) is 2.79. The highest BCUT2D eigenvalue weighted by Crippen LogP contribution is 2.10. The van der Waals surface area contributed by atoms with Crippen molar-refractivity contribution in [1.82, 2.24) is 10.3 Å². The lowest BCUT2D eigenvalue weighted by molar-refractivity contribution is 0.568. The van der Waals surface area contributed by atoms with Crippen LogP contribution in [0.15, 0.2) is 36.7 Å². The Bertz CT molecular complexity index is 541. The van der Waals surface area contributed by atoms with Crippen LogP contribution in [0.4, 0.5) is 8.78 Å². The van der Waals surface area contributed by atoms with Gasteiger partial charge in [0.05, 0.1) is 0 Å². The van der Waals surface area contributed by atoms with E-state index >= 15 is 0 Å². The predicted molar refractivity (Wildman–Crippen MR) is 65.9 cm³/mol. The number of nitrogens with one attached hydrogen (secondary N) is 1. The van der Waals surface area contributed by atoms with E-state index in [1.54, 1.807) is 12.4 Å². The van der Waals surface area contributed by atoms with E-state index in [4.69, 9.17) is 0 Å². The van der Waals surface area contributed by atoms with Crippen LogP contribution in [0.2, 0.25) is 0 Å². The molecule has 0 atom stereocenters. The molecule has 0 aliphatic rings. The molecule has 0 saturated heterocycles. The quantitative estimate of drug-likeness (QED) is 0.899. The third kappa shape index (κ3) is 3.11. The fourth-order valence-corrected chi connectivity index (χ4v) is 1.69. The first kappa shape index (κ1) is 12.6. The molecule has 0 fully saturated rings. The molecule has 0 radical (unpaired) electrons. The molecule has 0 amide bonds.